The van der Waals surface area contributed by atoms with E-state index in [1.165, 1.54) is 0 Å². The molecule has 198 valence electrons. The molecule has 2 aromatic rings. The average Bonchev–Trinajstić information content (AvgIpc) is 3.02. The Hall–Kier alpha value is -2.03. The van der Waals surface area contributed by atoms with Gasteiger partial charge in [-0.2, -0.15) is 4.73 Å². The second-order valence-corrected chi connectivity index (χ2v) is 12.3. The molecule has 5 rings (SSSR count). The Morgan fingerprint density at radius 1 is 1.00 bits per heavy atom. The molecular weight excluding hydrogens is 579 g/mol. The Morgan fingerprint density at radius 3 is 2.32 bits per heavy atom. The molecule has 1 aliphatic carbocycles. The van der Waals surface area contributed by atoms with Crippen LogP contribution in [-0.4, -0.2) is 47.9 Å². The van der Waals surface area contributed by atoms with Crippen molar-refractivity contribution in [2.75, 3.05) is 26.2 Å². The SMILES string of the molecule is NC(=O)N1CCC(CC(=O)N2CCC([C@@H]3c4c(Cl)cc(Cl)cc4CCc4cc(Br)c[n+]([O-])c43)CC2)CC1. The molecule has 37 heavy (non-hydrogen) atoms. The van der Waals surface area contributed by atoms with E-state index in [9.17, 15) is 14.8 Å². The summed E-state index contributed by atoms with van der Waals surface area (Å²) in [5, 5.41) is 14.5. The molecule has 7 nitrogen and oxygen atoms in total. The summed E-state index contributed by atoms with van der Waals surface area (Å²) in [5.41, 5.74) is 9.27. The van der Waals surface area contributed by atoms with Gasteiger partial charge in [0.25, 0.3) is 0 Å². The van der Waals surface area contributed by atoms with Gasteiger partial charge in [0.15, 0.2) is 6.20 Å². The van der Waals surface area contributed by atoms with Crippen LogP contribution in [0.2, 0.25) is 10.0 Å². The second-order valence-electron chi connectivity index (χ2n) is 10.5. The van der Waals surface area contributed by atoms with Crippen molar-refractivity contribution in [1.29, 1.82) is 0 Å². The van der Waals surface area contributed by atoms with E-state index in [0.717, 1.165) is 70.1 Å². The number of urea groups is 1. The van der Waals surface area contributed by atoms with Crippen LogP contribution in [0.15, 0.2) is 28.9 Å². The number of halogens is 3. The lowest BCUT2D eigenvalue weighted by molar-refractivity contribution is -0.616. The number of rotatable bonds is 3. The fourth-order valence-electron chi connectivity index (χ4n) is 6.41. The van der Waals surface area contributed by atoms with Gasteiger partial charge in [0, 0.05) is 48.2 Å². The van der Waals surface area contributed by atoms with Crippen LogP contribution in [0, 0.1) is 17.0 Å². The zero-order chi connectivity index (χ0) is 26.3. The van der Waals surface area contributed by atoms with Crippen molar-refractivity contribution in [3.05, 3.63) is 66.5 Å². The highest BCUT2D eigenvalue weighted by Gasteiger charge is 2.40. The molecule has 0 unspecified atom stereocenters. The molecule has 1 atom stereocenters. The molecule has 0 spiro atoms. The molecule has 0 radical (unpaired) electrons. The van der Waals surface area contributed by atoms with Crippen molar-refractivity contribution >= 4 is 51.1 Å². The molecule has 2 N–H and O–H groups in total. The number of hydrogen-bond donors (Lipinski definition) is 1. The summed E-state index contributed by atoms with van der Waals surface area (Å²) in [5.74, 6) is 0.477. The van der Waals surface area contributed by atoms with Crippen LogP contribution >= 0.6 is 39.1 Å². The number of amides is 3. The first-order valence-electron chi connectivity index (χ1n) is 12.9. The number of aryl methyl sites for hydroxylation is 2. The number of nitrogens with two attached hydrogens (primary N) is 1. The summed E-state index contributed by atoms with van der Waals surface area (Å²) in [6, 6.07) is 5.41. The minimum Gasteiger partial charge on any atom is -0.618 e. The van der Waals surface area contributed by atoms with Crippen LogP contribution in [0.5, 0.6) is 0 Å². The van der Waals surface area contributed by atoms with Gasteiger partial charge < -0.3 is 20.7 Å². The smallest absolute Gasteiger partial charge is 0.314 e. The minimum atomic E-state index is -0.386. The van der Waals surface area contributed by atoms with Gasteiger partial charge in [0.1, 0.15) is 0 Å². The molecule has 2 fully saturated rings. The molecular formula is C27H31BrCl2N4O3. The summed E-state index contributed by atoms with van der Waals surface area (Å²) < 4.78 is 1.76. The van der Waals surface area contributed by atoms with Crippen LogP contribution < -0.4 is 10.5 Å². The number of hydrogen-bond acceptors (Lipinski definition) is 3. The van der Waals surface area contributed by atoms with Crippen molar-refractivity contribution < 1.29 is 14.3 Å². The van der Waals surface area contributed by atoms with E-state index >= 15 is 0 Å². The Morgan fingerprint density at radius 2 is 1.65 bits per heavy atom. The number of benzene rings is 1. The molecule has 1 aromatic heterocycles. The molecule has 3 amide bonds. The Labute approximate surface area is 235 Å². The lowest BCUT2D eigenvalue weighted by atomic mass is 9.76. The fourth-order valence-corrected chi connectivity index (χ4v) is 7.53. The van der Waals surface area contributed by atoms with E-state index in [-0.39, 0.29) is 29.7 Å². The summed E-state index contributed by atoms with van der Waals surface area (Å²) in [6.07, 6.45) is 6.79. The highest BCUT2D eigenvalue weighted by molar-refractivity contribution is 9.10. The predicted octanol–water partition coefficient (Wildman–Crippen LogP) is 5.04. The van der Waals surface area contributed by atoms with E-state index in [1.54, 1.807) is 17.2 Å². The van der Waals surface area contributed by atoms with Crippen molar-refractivity contribution in [3.63, 3.8) is 0 Å². The van der Waals surface area contributed by atoms with Crippen LogP contribution in [0.1, 0.15) is 60.4 Å². The number of carbonyl (C=O) groups is 2. The third-order valence-electron chi connectivity index (χ3n) is 8.32. The van der Waals surface area contributed by atoms with Crippen molar-refractivity contribution in [2.45, 2.75) is 50.9 Å². The molecule has 3 heterocycles. The normalized spacial score (nSPS) is 20.8. The summed E-state index contributed by atoms with van der Waals surface area (Å²) >= 11 is 16.6. The maximum atomic E-state index is 13.3. The van der Waals surface area contributed by atoms with Crippen LogP contribution in [0.25, 0.3) is 0 Å². The van der Waals surface area contributed by atoms with E-state index in [4.69, 9.17) is 28.9 Å². The van der Waals surface area contributed by atoms with E-state index in [1.807, 2.05) is 17.0 Å². The predicted molar refractivity (Wildman–Crippen MR) is 147 cm³/mol. The second kappa shape index (κ2) is 11.0. The first kappa shape index (κ1) is 26.6. The van der Waals surface area contributed by atoms with Gasteiger partial charge in [0.05, 0.1) is 10.4 Å². The monoisotopic (exact) mass is 608 g/mol. The number of nitrogens with zero attached hydrogens (tertiary/aromatic N) is 3. The quantitative estimate of drug-likeness (QED) is 0.390. The summed E-state index contributed by atoms with van der Waals surface area (Å²) in [4.78, 5) is 28.1. The van der Waals surface area contributed by atoms with Crippen molar-refractivity contribution in [1.82, 2.24) is 9.80 Å². The molecule has 0 saturated carbocycles. The average molecular weight is 610 g/mol. The van der Waals surface area contributed by atoms with Gasteiger partial charge in [-0.25, -0.2) is 4.79 Å². The van der Waals surface area contributed by atoms with Crippen molar-refractivity contribution in [2.24, 2.45) is 17.6 Å². The Balaban J connectivity index is 1.34. The zero-order valence-corrected chi connectivity index (χ0v) is 23.7. The molecule has 2 aliphatic heterocycles. The number of pyridine rings is 1. The lowest BCUT2D eigenvalue weighted by Crippen LogP contribution is -2.44. The number of fused-ring (bicyclic) bond motifs is 2. The van der Waals surface area contributed by atoms with E-state index in [0.29, 0.717) is 42.6 Å². The summed E-state index contributed by atoms with van der Waals surface area (Å²) in [7, 11) is 0. The van der Waals surface area contributed by atoms with E-state index < -0.39 is 0 Å². The van der Waals surface area contributed by atoms with Gasteiger partial charge in [-0.15, -0.1) is 0 Å². The first-order chi connectivity index (χ1) is 17.7. The van der Waals surface area contributed by atoms with Crippen molar-refractivity contribution in [3.8, 4) is 0 Å². The highest BCUT2D eigenvalue weighted by Crippen LogP contribution is 2.45. The van der Waals surface area contributed by atoms with Gasteiger partial charge in [-0.05, 0) is 95.6 Å². The maximum absolute atomic E-state index is 13.3. The maximum Gasteiger partial charge on any atom is 0.314 e. The van der Waals surface area contributed by atoms with Gasteiger partial charge in [0.2, 0.25) is 11.6 Å². The molecule has 2 saturated heterocycles. The fraction of sp³-hybridized carbons (Fsp3) is 0.519. The lowest BCUT2D eigenvalue weighted by Gasteiger charge is -2.37. The molecule has 10 heteroatoms. The highest BCUT2D eigenvalue weighted by atomic mass is 79.9. The largest absolute Gasteiger partial charge is 0.618 e. The molecule has 0 bridgehead atoms. The molecule has 1 aromatic carbocycles. The standard InChI is InChI=1S/C27H31BrCl2N4O3/c28-20-12-19-2-1-18-13-21(29)14-22(30)24(18)25(26(19)34(37)15-20)17-5-9-32(10-6-17)23(35)11-16-3-7-33(8-4-16)27(31)36/h12-17,25H,1-11H2,(H2,31,36)/t25-/m1/s1. The van der Waals surface area contributed by atoms with Gasteiger partial charge >= 0.3 is 6.03 Å². The number of likely N-dealkylation sites (tertiary alicyclic amines) is 2. The van der Waals surface area contributed by atoms with Crippen LogP contribution in [0.4, 0.5) is 4.79 Å². The Bertz CT molecular complexity index is 1150. The van der Waals surface area contributed by atoms with Crippen LogP contribution in [0.3, 0.4) is 0 Å². The minimum absolute atomic E-state index is 0.154. The van der Waals surface area contributed by atoms with Crippen LogP contribution in [-0.2, 0) is 17.6 Å². The zero-order valence-electron chi connectivity index (χ0n) is 20.6. The summed E-state index contributed by atoms with van der Waals surface area (Å²) in [6.45, 7) is 2.55. The Kier molecular flexibility index (Phi) is 7.89. The van der Waals surface area contributed by atoms with Gasteiger partial charge in [-0.1, -0.05) is 23.2 Å². The first-order valence-corrected chi connectivity index (χ1v) is 14.5. The number of piperidine rings is 2. The van der Waals surface area contributed by atoms with Gasteiger partial charge in [-0.3, -0.25) is 4.79 Å². The third-order valence-corrected chi connectivity index (χ3v) is 9.29. The number of primary amides is 1. The number of carbonyl (C=O) groups excluding carboxylic acids is 2. The third kappa shape index (κ3) is 5.57. The van der Waals surface area contributed by atoms with E-state index in [2.05, 4.69) is 15.9 Å². The topological polar surface area (TPSA) is 93.6 Å². The number of aromatic nitrogens is 1. The molecule has 3 aliphatic rings.